The number of nitrogens with one attached hydrogen (secondary N) is 1. The highest BCUT2D eigenvalue weighted by Crippen LogP contribution is 2.16. The van der Waals surface area contributed by atoms with Gasteiger partial charge in [0.1, 0.15) is 0 Å². The van der Waals surface area contributed by atoms with Gasteiger partial charge in [-0.15, -0.1) is 0 Å². The molecule has 0 aromatic heterocycles. The monoisotopic (exact) mass is 940 g/mol. The molecule has 0 bridgehead atoms. The molecule has 0 aliphatic heterocycles. The van der Waals surface area contributed by atoms with Crippen LogP contribution in [0.2, 0.25) is 0 Å². The van der Waals surface area contributed by atoms with Gasteiger partial charge in [0.15, 0.2) is 0 Å². The summed E-state index contributed by atoms with van der Waals surface area (Å²) in [5.41, 5.74) is 0. The van der Waals surface area contributed by atoms with Crippen LogP contribution in [-0.4, -0.2) is 47.4 Å². The van der Waals surface area contributed by atoms with Gasteiger partial charge in [0, 0.05) is 12.8 Å². The first-order chi connectivity index (χ1) is 33.0. The van der Waals surface area contributed by atoms with E-state index in [2.05, 4.69) is 55.6 Å². The van der Waals surface area contributed by atoms with Gasteiger partial charge in [0.05, 0.1) is 25.4 Å². The van der Waals surface area contributed by atoms with Crippen LogP contribution in [0, 0.1) is 0 Å². The van der Waals surface area contributed by atoms with Crippen molar-refractivity contribution in [2.24, 2.45) is 0 Å². The summed E-state index contributed by atoms with van der Waals surface area (Å²) >= 11 is 0. The van der Waals surface area contributed by atoms with Crippen molar-refractivity contribution in [3.8, 4) is 0 Å². The minimum Gasteiger partial charge on any atom is -0.466 e. The Morgan fingerprint density at radius 3 is 1.18 bits per heavy atom. The van der Waals surface area contributed by atoms with Crippen molar-refractivity contribution in [2.45, 2.75) is 315 Å². The number of carbonyl (C=O) groups excluding carboxylic acids is 2. The van der Waals surface area contributed by atoms with Crippen LogP contribution in [0.15, 0.2) is 48.6 Å². The fourth-order valence-electron chi connectivity index (χ4n) is 8.78. The number of aliphatic hydroxyl groups excluding tert-OH is 2. The van der Waals surface area contributed by atoms with Crippen molar-refractivity contribution in [1.29, 1.82) is 0 Å². The molecule has 3 N–H and O–H groups in total. The number of unbranched alkanes of at least 4 members (excludes halogenated alkanes) is 37. The number of aliphatic hydroxyl groups is 2. The average molecular weight is 941 g/mol. The summed E-state index contributed by atoms with van der Waals surface area (Å²) in [7, 11) is 0. The van der Waals surface area contributed by atoms with Gasteiger partial charge in [-0.1, -0.05) is 249 Å². The molecule has 0 aliphatic rings. The fourth-order valence-corrected chi connectivity index (χ4v) is 8.78. The van der Waals surface area contributed by atoms with E-state index in [9.17, 15) is 19.8 Å². The van der Waals surface area contributed by atoms with Crippen LogP contribution in [0.1, 0.15) is 303 Å². The second-order valence-electron chi connectivity index (χ2n) is 20.0. The summed E-state index contributed by atoms with van der Waals surface area (Å²) in [6.45, 7) is 4.86. The first-order valence-electron chi connectivity index (χ1n) is 29.4. The third-order valence-corrected chi connectivity index (χ3v) is 13.3. The molecule has 0 spiro atoms. The standard InChI is InChI=1S/C61H113NO5/c1-3-5-7-9-11-13-15-17-18-24-28-31-35-39-43-47-51-55-61(66)67-56-52-48-44-40-36-32-29-26-23-21-19-20-22-25-27-30-34-38-42-46-50-54-60(65)62-58(57-63)59(64)53-49-45-41-37-33-16-14-12-10-8-6-4-2/h11,13,17-18,20,22,49,53,58-59,63-64H,3-10,12,14-16,19,21,23-48,50-52,54-57H2,1-2H3,(H,62,65)/b13-11-,18-17-,22-20-,53-49+. The van der Waals surface area contributed by atoms with E-state index < -0.39 is 12.1 Å². The lowest BCUT2D eigenvalue weighted by Gasteiger charge is -2.20. The van der Waals surface area contributed by atoms with Gasteiger partial charge in [0.25, 0.3) is 0 Å². The number of amides is 1. The van der Waals surface area contributed by atoms with Crippen molar-refractivity contribution in [2.75, 3.05) is 13.2 Å². The molecule has 0 radical (unpaired) electrons. The van der Waals surface area contributed by atoms with E-state index in [0.29, 0.717) is 19.4 Å². The van der Waals surface area contributed by atoms with Crippen LogP contribution >= 0.6 is 0 Å². The number of esters is 1. The van der Waals surface area contributed by atoms with Gasteiger partial charge in [-0.25, -0.2) is 0 Å². The largest absolute Gasteiger partial charge is 0.466 e. The Morgan fingerprint density at radius 1 is 0.418 bits per heavy atom. The lowest BCUT2D eigenvalue weighted by molar-refractivity contribution is -0.143. The molecular formula is C61H113NO5. The Balaban J connectivity index is 3.44. The molecule has 0 aromatic carbocycles. The van der Waals surface area contributed by atoms with E-state index >= 15 is 0 Å². The van der Waals surface area contributed by atoms with Gasteiger partial charge >= 0.3 is 5.97 Å². The molecule has 0 heterocycles. The Labute approximate surface area is 416 Å². The molecule has 6 heteroatoms. The van der Waals surface area contributed by atoms with Crippen molar-refractivity contribution in [3.05, 3.63) is 48.6 Å². The Kier molecular flexibility index (Phi) is 54.6. The zero-order valence-electron chi connectivity index (χ0n) is 44.6. The lowest BCUT2D eigenvalue weighted by Crippen LogP contribution is -2.45. The zero-order chi connectivity index (χ0) is 48.6. The van der Waals surface area contributed by atoms with Crippen LogP contribution in [0.4, 0.5) is 0 Å². The highest BCUT2D eigenvalue weighted by Gasteiger charge is 2.18. The Hall–Kier alpha value is -2.18. The van der Waals surface area contributed by atoms with Crippen molar-refractivity contribution >= 4 is 11.9 Å². The topological polar surface area (TPSA) is 95.9 Å². The number of rotatable bonds is 54. The van der Waals surface area contributed by atoms with E-state index in [1.54, 1.807) is 6.08 Å². The summed E-state index contributed by atoms with van der Waals surface area (Å²) in [6, 6.07) is -0.633. The first kappa shape index (κ1) is 64.8. The van der Waals surface area contributed by atoms with Crippen LogP contribution in [0.3, 0.4) is 0 Å². The van der Waals surface area contributed by atoms with E-state index in [1.807, 2.05) is 6.08 Å². The second-order valence-corrected chi connectivity index (χ2v) is 20.0. The minimum atomic E-state index is -0.849. The predicted molar refractivity (Wildman–Crippen MR) is 292 cm³/mol. The van der Waals surface area contributed by atoms with E-state index in [4.69, 9.17) is 4.74 Å². The summed E-state index contributed by atoms with van der Waals surface area (Å²) in [6.07, 6.45) is 71.4. The molecule has 0 rings (SSSR count). The van der Waals surface area contributed by atoms with Crippen LogP contribution < -0.4 is 5.32 Å². The quantitative estimate of drug-likeness (QED) is 0.0321. The smallest absolute Gasteiger partial charge is 0.305 e. The third kappa shape index (κ3) is 53.0. The van der Waals surface area contributed by atoms with Gasteiger partial charge in [-0.3, -0.25) is 9.59 Å². The van der Waals surface area contributed by atoms with Gasteiger partial charge < -0.3 is 20.3 Å². The van der Waals surface area contributed by atoms with E-state index in [-0.39, 0.29) is 18.5 Å². The molecule has 0 saturated carbocycles. The van der Waals surface area contributed by atoms with Gasteiger partial charge in [-0.05, 0) is 89.9 Å². The molecule has 0 aromatic rings. The lowest BCUT2D eigenvalue weighted by atomic mass is 10.0. The molecule has 0 aliphatic carbocycles. The molecule has 0 saturated heterocycles. The summed E-state index contributed by atoms with van der Waals surface area (Å²) in [5, 5.41) is 23.0. The normalized spacial score (nSPS) is 13.0. The van der Waals surface area contributed by atoms with Crippen LogP contribution in [0.25, 0.3) is 0 Å². The number of allylic oxidation sites excluding steroid dienone is 7. The maximum atomic E-state index is 12.4. The molecule has 1 amide bonds. The molecule has 2 unspecified atom stereocenters. The van der Waals surface area contributed by atoms with Crippen molar-refractivity contribution < 1.29 is 24.5 Å². The number of carbonyl (C=O) groups is 2. The molecule has 0 fully saturated rings. The van der Waals surface area contributed by atoms with Crippen molar-refractivity contribution in [3.63, 3.8) is 0 Å². The SMILES string of the molecule is CCCCC/C=C\C/C=C\CCCCCCCCCC(=O)OCCCCCCCCCCCC/C=C\CCCCCCCCCC(=O)NC(CO)C(O)/C=C/CCCCCCCCCCCC. The predicted octanol–water partition coefficient (Wildman–Crippen LogP) is 18.2. The highest BCUT2D eigenvalue weighted by atomic mass is 16.5. The molecule has 6 nitrogen and oxygen atoms in total. The Morgan fingerprint density at radius 2 is 0.746 bits per heavy atom. The molecular weight excluding hydrogens is 827 g/mol. The zero-order valence-corrected chi connectivity index (χ0v) is 44.6. The molecule has 392 valence electrons. The van der Waals surface area contributed by atoms with Crippen LogP contribution in [0.5, 0.6) is 0 Å². The fraction of sp³-hybridized carbons (Fsp3) is 0.836. The van der Waals surface area contributed by atoms with Gasteiger partial charge in [0.2, 0.25) is 5.91 Å². The van der Waals surface area contributed by atoms with Gasteiger partial charge in [-0.2, -0.15) is 0 Å². The maximum Gasteiger partial charge on any atom is 0.305 e. The number of hydrogen-bond acceptors (Lipinski definition) is 5. The second kappa shape index (κ2) is 56.4. The molecule has 2 atom stereocenters. The minimum absolute atomic E-state index is 0.000753. The van der Waals surface area contributed by atoms with Crippen LogP contribution in [-0.2, 0) is 14.3 Å². The van der Waals surface area contributed by atoms with Crippen molar-refractivity contribution in [1.82, 2.24) is 5.32 Å². The number of hydrogen-bond donors (Lipinski definition) is 3. The average Bonchev–Trinajstić information content (AvgIpc) is 3.33. The third-order valence-electron chi connectivity index (χ3n) is 13.3. The Bertz CT molecular complexity index is 1130. The summed E-state index contributed by atoms with van der Waals surface area (Å²) in [5.74, 6) is -0.0779. The first-order valence-corrected chi connectivity index (χ1v) is 29.4. The molecule has 67 heavy (non-hydrogen) atoms. The van der Waals surface area contributed by atoms with E-state index in [0.717, 1.165) is 57.8 Å². The van der Waals surface area contributed by atoms with E-state index in [1.165, 1.54) is 218 Å². The maximum absolute atomic E-state index is 12.4. The summed E-state index contributed by atoms with van der Waals surface area (Å²) < 4.78 is 5.48. The number of ether oxygens (including phenoxy) is 1. The highest BCUT2D eigenvalue weighted by molar-refractivity contribution is 5.76. The summed E-state index contributed by atoms with van der Waals surface area (Å²) in [4.78, 5) is 24.5.